The molecule has 1 aromatic heterocycles. The van der Waals surface area contributed by atoms with E-state index >= 15 is 0 Å². The summed E-state index contributed by atoms with van der Waals surface area (Å²) in [5, 5.41) is 2.58. The lowest BCUT2D eigenvalue weighted by atomic mass is 9.85. The molecule has 0 radical (unpaired) electrons. The summed E-state index contributed by atoms with van der Waals surface area (Å²) < 4.78 is 21.8. The van der Waals surface area contributed by atoms with Gasteiger partial charge in [-0.3, -0.25) is 14.6 Å². The SMILES string of the molecule is COc1cc(C2CC(=O)Nc3nc(N)[nH]c(=O)c32)c(OC)c2c1OCO2. The van der Waals surface area contributed by atoms with Gasteiger partial charge in [0.05, 0.1) is 19.8 Å². The first-order valence-corrected chi connectivity index (χ1v) is 7.77. The molecule has 1 aromatic carbocycles. The monoisotopic (exact) mass is 360 g/mol. The number of nitrogens with two attached hydrogens (primary N) is 1. The minimum atomic E-state index is -0.617. The van der Waals surface area contributed by atoms with Gasteiger partial charge in [0.1, 0.15) is 5.82 Å². The van der Waals surface area contributed by atoms with Crippen LogP contribution < -0.4 is 35.6 Å². The number of benzene rings is 1. The maximum Gasteiger partial charge on any atom is 0.258 e. The third-order valence-corrected chi connectivity index (χ3v) is 4.36. The number of methoxy groups -OCH3 is 2. The maximum absolute atomic E-state index is 12.5. The van der Waals surface area contributed by atoms with Crippen molar-refractivity contribution >= 4 is 17.7 Å². The van der Waals surface area contributed by atoms with Crippen molar-refractivity contribution in [3.8, 4) is 23.0 Å². The normalized spacial score (nSPS) is 17.5. The van der Waals surface area contributed by atoms with Gasteiger partial charge in [-0.05, 0) is 6.07 Å². The summed E-state index contributed by atoms with van der Waals surface area (Å²) in [6.45, 7) is 0.0198. The Hall–Kier alpha value is -3.43. The van der Waals surface area contributed by atoms with Crippen LogP contribution in [0.1, 0.15) is 23.5 Å². The van der Waals surface area contributed by atoms with Crippen LogP contribution in [0.25, 0.3) is 0 Å². The van der Waals surface area contributed by atoms with E-state index in [4.69, 9.17) is 24.7 Å². The van der Waals surface area contributed by atoms with Gasteiger partial charge in [-0.15, -0.1) is 0 Å². The zero-order chi connectivity index (χ0) is 18.4. The van der Waals surface area contributed by atoms with Gasteiger partial charge in [0, 0.05) is 17.9 Å². The van der Waals surface area contributed by atoms with Crippen molar-refractivity contribution in [1.82, 2.24) is 9.97 Å². The van der Waals surface area contributed by atoms with Gasteiger partial charge in [-0.25, -0.2) is 0 Å². The average molecular weight is 360 g/mol. The summed E-state index contributed by atoms with van der Waals surface area (Å²) in [6, 6.07) is 1.68. The van der Waals surface area contributed by atoms with Crippen molar-refractivity contribution in [1.29, 1.82) is 0 Å². The van der Waals surface area contributed by atoms with Crippen LogP contribution in [0.15, 0.2) is 10.9 Å². The van der Waals surface area contributed by atoms with E-state index in [0.29, 0.717) is 28.6 Å². The van der Waals surface area contributed by atoms with Crippen molar-refractivity contribution in [2.75, 3.05) is 32.1 Å². The summed E-state index contributed by atoms with van der Waals surface area (Å²) >= 11 is 0. The lowest BCUT2D eigenvalue weighted by Gasteiger charge is -2.26. The van der Waals surface area contributed by atoms with Crippen molar-refractivity contribution in [2.45, 2.75) is 12.3 Å². The minimum absolute atomic E-state index is 0.0198. The number of carbonyl (C=O) groups is 1. The highest BCUT2D eigenvalue weighted by atomic mass is 16.7. The first kappa shape index (κ1) is 16.1. The van der Waals surface area contributed by atoms with Crippen LogP contribution in [-0.2, 0) is 4.79 Å². The van der Waals surface area contributed by atoms with E-state index in [-0.39, 0.29) is 36.5 Å². The highest BCUT2D eigenvalue weighted by Crippen LogP contribution is 2.53. The van der Waals surface area contributed by atoms with E-state index in [9.17, 15) is 9.59 Å². The molecular weight excluding hydrogens is 344 g/mol. The van der Waals surface area contributed by atoms with Crippen LogP contribution >= 0.6 is 0 Å². The fourth-order valence-corrected chi connectivity index (χ4v) is 3.31. The third kappa shape index (κ3) is 2.30. The van der Waals surface area contributed by atoms with Gasteiger partial charge in [0.15, 0.2) is 11.5 Å². The molecule has 10 nitrogen and oxygen atoms in total. The molecule has 2 aromatic rings. The van der Waals surface area contributed by atoms with Gasteiger partial charge >= 0.3 is 0 Å². The van der Waals surface area contributed by atoms with Gasteiger partial charge in [-0.2, -0.15) is 4.98 Å². The average Bonchev–Trinajstić information content (AvgIpc) is 3.08. The molecule has 10 heteroatoms. The second-order valence-electron chi connectivity index (χ2n) is 5.78. The highest BCUT2D eigenvalue weighted by molar-refractivity contribution is 5.94. The Kier molecular flexibility index (Phi) is 3.60. The van der Waals surface area contributed by atoms with Crippen molar-refractivity contribution in [3.05, 3.63) is 27.5 Å². The number of carbonyl (C=O) groups excluding carboxylic acids is 1. The summed E-state index contributed by atoms with van der Waals surface area (Å²) in [6.07, 6.45) is 0.0286. The highest BCUT2D eigenvalue weighted by Gasteiger charge is 2.36. The van der Waals surface area contributed by atoms with Crippen molar-refractivity contribution in [3.63, 3.8) is 0 Å². The number of anilines is 2. The summed E-state index contributed by atoms with van der Waals surface area (Å²) in [7, 11) is 2.96. The van der Waals surface area contributed by atoms with Crippen LogP contribution in [0.2, 0.25) is 0 Å². The maximum atomic E-state index is 12.5. The second-order valence-corrected chi connectivity index (χ2v) is 5.78. The Bertz CT molecular complexity index is 970. The van der Waals surface area contributed by atoms with E-state index in [0.717, 1.165) is 0 Å². The molecule has 0 bridgehead atoms. The van der Waals surface area contributed by atoms with E-state index in [1.165, 1.54) is 14.2 Å². The molecule has 2 aliphatic heterocycles. The van der Waals surface area contributed by atoms with Crippen LogP contribution in [0.5, 0.6) is 23.0 Å². The Labute approximate surface area is 147 Å². The standard InChI is InChI=1S/C16H16N4O6/c1-23-8-3-7(11(24-2)13-12(8)25-5-26-13)6-4-9(21)18-14-10(6)15(22)20-16(17)19-14/h3,6H,4-5H2,1-2H3,(H4,17,18,19,20,21,22). The molecule has 1 amide bonds. The van der Waals surface area contributed by atoms with E-state index in [2.05, 4.69) is 15.3 Å². The van der Waals surface area contributed by atoms with Crippen LogP contribution in [0.4, 0.5) is 11.8 Å². The van der Waals surface area contributed by atoms with Crippen molar-refractivity contribution < 1.29 is 23.7 Å². The number of hydrogen-bond donors (Lipinski definition) is 3. The molecular formula is C16H16N4O6. The predicted octanol–water partition coefficient (Wildman–Crippen LogP) is 0.572. The van der Waals surface area contributed by atoms with Crippen molar-refractivity contribution in [2.24, 2.45) is 0 Å². The Morgan fingerprint density at radius 1 is 1.23 bits per heavy atom. The van der Waals surface area contributed by atoms with Crippen LogP contribution in [0.3, 0.4) is 0 Å². The van der Waals surface area contributed by atoms with Gasteiger partial charge in [-0.1, -0.05) is 0 Å². The zero-order valence-corrected chi connectivity index (χ0v) is 14.0. The number of aromatic nitrogens is 2. The number of H-pyrrole nitrogens is 1. The number of nitrogen functional groups attached to an aromatic ring is 1. The topological polar surface area (TPSA) is 138 Å². The Morgan fingerprint density at radius 3 is 2.73 bits per heavy atom. The molecule has 4 rings (SSSR count). The number of hydrogen-bond acceptors (Lipinski definition) is 8. The first-order valence-electron chi connectivity index (χ1n) is 7.77. The van der Waals surface area contributed by atoms with Gasteiger partial charge in [0.2, 0.25) is 30.1 Å². The largest absolute Gasteiger partial charge is 0.493 e. The summed E-state index contributed by atoms with van der Waals surface area (Å²) in [5.41, 5.74) is 6.00. The van der Waals surface area contributed by atoms with Crippen LogP contribution in [-0.4, -0.2) is 36.9 Å². The molecule has 4 N–H and O–H groups in total. The molecule has 0 saturated carbocycles. The predicted molar refractivity (Wildman–Crippen MR) is 90.0 cm³/mol. The molecule has 1 atom stereocenters. The molecule has 1 unspecified atom stereocenters. The quantitative estimate of drug-likeness (QED) is 0.722. The lowest BCUT2D eigenvalue weighted by molar-refractivity contribution is -0.116. The number of fused-ring (bicyclic) bond motifs is 2. The molecule has 2 aliphatic rings. The smallest absolute Gasteiger partial charge is 0.258 e. The number of rotatable bonds is 3. The molecule has 26 heavy (non-hydrogen) atoms. The fourth-order valence-electron chi connectivity index (χ4n) is 3.31. The van der Waals surface area contributed by atoms with Gasteiger partial charge < -0.3 is 30.0 Å². The summed E-state index contributed by atoms with van der Waals surface area (Å²) in [5.74, 6) is 0.719. The zero-order valence-electron chi connectivity index (χ0n) is 14.0. The molecule has 0 saturated heterocycles. The van der Waals surface area contributed by atoms with E-state index in [1.807, 2.05) is 0 Å². The lowest BCUT2D eigenvalue weighted by Crippen LogP contribution is -2.31. The molecule has 3 heterocycles. The van der Waals surface area contributed by atoms with E-state index < -0.39 is 11.5 Å². The summed E-state index contributed by atoms with van der Waals surface area (Å²) in [4.78, 5) is 31.2. The Balaban J connectivity index is 1.97. The minimum Gasteiger partial charge on any atom is -0.493 e. The fraction of sp³-hybridized carbons (Fsp3) is 0.312. The molecule has 0 fully saturated rings. The number of amides is 1. The molecule has 0 spiro atoms. The third-order valence-electron chi connectivity index (χ3n) is 4.36. The van der Waals surface area contributed by atoms with Crippen LogP contribution in [0, 0.1) is 0 Å². The number of nitrogens with one attached hydrogen (secondary N) is 2. The molecule has 136 valence electrons. The molecule has 0 aliphatic carbocycles. The number of aromatic amines is 1. The first-order chi connectivity index (χ1) is 12.5. The number of nitrogens with zero attached hydrogens (tertiary/aromatic N) is 1. The second kappa shape index (κ2) is 5.83. The van der Waals surface area contributed by atoms with Gasteiger partial charge in [0.25, 0.3) is 5.56 Å². The Morgan fingerprint density at radius 2 is 2.00 bits per heavy atom. The number of ether oxygens (including phenoxy) is 4. The van der Waals surface area contributed by atoms with E-state index in [1.54, 1.807) is 6.07 Å².